The van der Waals surface area contributed by atoms with Gasteiger partial charge in [0.15, 0.2) is 0 Å². The van der Waals surface area contributed by atoms with Crippen LogP contribution in [0.25, 0.3) is 0 Å². The predicted molar refractivity (Wildman–Crippen MR) is 71.1 cm³/mol. The number of carbonyl (C=O) groups excluding carboxylic acids is 1. The lowest BCUT2D eigenvalue weighted by Gasteiger charge is -2.27. The van der Waals surface area contributed by atoms with Gasteiger partial charge in [0.05, 0.1) is 0 Å². The molecule has 1 atom stereocenters. The molecule has 0 aromatic heterocycles. The van der Waals surface area contributed by atoms with Gasteiger partial charge in [-0.1, -0.05) is 20.8 Å². The normalized spacial score (nSPS) is 20.3. The second-order valence-electron chi connectivity index (χ2n) is 4.72. The number of amides is 1. The van der Waals surface area contributed by atoms with Crippen LogP contribution in [-0.4, -0.2) is 61.0 Å². The molecule has 0 radical (unpaired) electrons. The Morgan fingerprint density at radius 3 is 2.18 bits per heavy atom. The van der Waals surface area contributed by atoms with Gasteiger partial charge in [0.2, 0.25) is 5.91 Å². The molecule has 0 unspecified atom stereocenters. The van der Waals surface area contributed by atoms with Gasteiger partial charge < -0.3 is 15.1 Å². The van der Waals surface area contributed by atoms with E-state index < -0.39 is 0 Å². The molecule has 0 bridgehead atoms. The predicted octanol–water partition coefficient (Wildman–Crippen LogP) is 0.929. The van der Waals surface area contributed by atoms with Crippen molar-refractivity contribution in [1.82, 2.24) is 15.1 Å². The summed E-state index contributed by atoms with van der Waals surface area (Å²) in [7, 11) is 0. The minimum Gasteiger partial charge on any atom is -0.352 e. The summed E-state index contributed by atoms with van der Waals surface area (Å²) < 4.78 is 0. The van der Waals surface area contributed by atoms with Crippen molar-refractivity contribution in [2.24, 2.45) is 0 Å². The molecule has 1 amide bonds. The van der Waals surface area contributed by atoms with E-state index in [9.17, 15) is 4.79 Å². The van der Waals surface area contributed by atoms with E-state index in [4.69, 9.17) is 0 Å². The van der Waals surface area contributed by atoms with Crippen LogP contribution in [0.1, 0.15) is 33.6 Å². The third kappa shape index (κ3) is 5.04. The van der Waals surface area contributed by atoms with Crippen molar-refractivity contribution < 1.29 is 4.79 Å². The molecule has 4 heteroatoms. The smallest absolute Gasteiger partial charge is 0.220 e. The zero-order valence-corrected chi connectivity index (χ0v) is 11.5. The first-order chi connectivity index (χ1) is 8.19. The van der Waals surface area contributed by atoms with Gasteiger partial charge in [-0.05, 0) is 26.1 Å². The summed E-state index contributed by atoms with van der Waals surface area (Å²) in [5.41, 5.74) is 0. The van der Waals surface area contributed by atoms with Crippen molar-refractivity contribution in [2.75, 3.05) is 39.3 Å². The van der Waals surface area contributed by atoms with Gasteiger partial charge in [-0.25, -0.2) is 0 Å². The molecule has 1 aliphatic rings. The van der Waals surface area contributed by atoms with Crippen molar-refractivity contribution in [3.63, 3.8) is 0 Å². The second-order valence-corrected chi connectivity index (χ2v) is 4.72. The van der Waals surface area contributed by atoms with Crippen molar-refractivity contribution >= 4 is 5.91 Å². The molecule has 1 heterocycles. The minimum atomic E-state index is 0.217. The Bertz CT molecular complexity index is 229. The summed E-state index contributed by atoms with van der Waals surface area (Å²) in [6, 6.07) is 0.374. The van der Waals surface area contributed by atoms with Crippen molar-refractivity contribution in [3.8, 4) is 0 Å². The first-order valence-corrected chi connectivity index (χ1v) is 6.93. The van der Waals surface area contributed by atoms with Crippen LogP contribution in [0.3, 0.4) is 0 Å². The summed E-state index contributed by atoms with van der Waals surface area (Å²) in [6.07, 6.45) is 1.71. The summed E-state index contributed by atoms with van der Waals surface area (Å²) in [5.74, 6) is 0.217. The van der Waals surface area contributed by atoms with Gasteiger partial charge >= 0.3 is 0 Å². The largest absolute Gasteiger partial charge is 0.352 e. The molecular formula is C13H27N3O. The highest BCUT2D eigenvalue weighted by Crippen LogP contribution is 2.08. The van der Waals surface area contributed by atoms with E-state index in [1.54, 1.807) is 0 Å². The van der Waals surface area contributed by atoms with E-state index in [2.05, 4.69) is 35.9 Å². The molecule has 1 N–H and O–H groups in total. The van der Waals surface area contributed by atoms with Gasteiger partial charge in [0.1, 0.15) is 0 Å². The number of likely N-dealkylation sites (N-methyl/N-ethyl adjacent to an activating group) is 2. The summed E-state index contributed by atoms with van der Waals surface area (Å²) >= 11 is 0. The fourth-order valence-electron chi connectivity index (χ4n) is 2.33. The molecule has 0 saturated carbocycles. The summed E-state index contributed by atoms with van der Waals surface area (Å²) in [4.78, 5) is 16.0. The average Bonchev–Trinajstić information content (AvgIpc) is 2.74. The Hall–Kier alpha value is -0.610. The molecule has 0 aromatic carbocycles. The standard InChI is InChI=1S/C13H27N3O/c1-4-15(5-2)9-10-16(6-3)11-12-7-8-13(17)14-12/h12H,4-11H2,1-3H3,(H,14,17)/t12-/m1/s1. The average molecular weight is 241 g/mol. The minimum absolute atomic E-state index is 0.217. The van der Waals surface area contributed by atoms with Crippen molar-refractivity contribution in [3.05, 3.63) is 0 Å². The third-order valence-corrected chi connectivity index (χ3v) is 3.64. The SMILES string of the molecule is CCN(CC)CCN(CC)C[C@H]1CCC(=O)N1. The topological polar surface area (TPSA) is 35.6 Å². The highest BCUT2D eigenvalue weighted by molar-refractivity contribution is 5.78. The van der Waals surface area contributed by atoms with E-state index >= 15 is 0 Å². The second kappa shape index (κ2) is 7.67. The number of hydrogen-bond donors (Lipinski definition) is 1. The molecule has 0 aliphatic carbocycles. The van der Waals surface area contributed by atoms with Crippen LogP contribution in [0.15, 0.2) is 0 Å². The van der Waals surface area contributed by atoms with Crippen molar-refractivity contribution in [1.29, 1.82) is 0 Å². The van der Waals surface area contributed by atoms with Crippen molar-refractivity contribution in [2.45, 2.75) is 39.7 Å². The summed E-state index contributed by atoms with van der Waals surface area (Å²) in [6.45, 7) is 13.1. The molecule has 4 nitrogen and oxygen atoms in total. The Morgan fingerprint density at radius 2 is 1.71 bits per heavy atom. The molecule has 0 aromatic rings. The highest BCUT2D eigenvalue weighted by atomic mass is 16.1. The lowest BCUT2D eigenvalue weighted by Crippen LogP contribution is -2.42. The quantitative estimate of drug-likeness (QED) is 0.686. The fourth-order valence-corrected chi connectivity index (χ4v) is 2.33. The molecule has 17 heavy (non-hydrogen) atoms. The maximum atomic E-state index is 11.1. The molecule has 1 rings (SSSR count). The lowest BCUT2D eigenvalue weighted by molar-refractivity contribution is -0.119. The number of nitrogens with zero attached hydrogens (tertiary/aromatic N) is 2. The first-order valence-electron chi connectivity index (χ1n) is 6.93. The maximum Gasteiger partial charge on any atom is 0.220 e. The van der Waals surface area contributed by atoms with Gasteiger partial charge in [-0.2, -0.15) is 0 Å². The van der Waals surface area contributed by atoms with E-state index in [0.29, 0.717) is 12.5 Å². The maximum absolute atomic E-state index is 11.1. The number of carbonyl (C=O) groups is 1. The zero-order chi connectivity index (χ0) is 12.7. The molecule has 1 aliphatic heterocycles. The molecular weight excluding hydrogens is 214 g/mol. The first kappa shape index (κ1) is 14.5. The van der Waals surface area contributed by atoms with E-state index in [1.165, 1.54) is 0 Å². The van der Waals surface area contributed by atoms with Gasteiger partial charge in [0, 0.05) is 32.1 Å². The number of hydrogen-bond acceptors (Lipinski definition) is 3. The van der Waals surface area contributed by atoms with Gasteiger partial charge in [-0.3, -0.25) is 4.79 Å². The third-order valence-electron chi connectivity index (χ3n) is 3.64. The van der Waals surface area contributed by atoms with E-state index in [1.807, 2.05) is 0 Å². The van der Waals surface area contributed by atoms with Gasteiger partial charge in [-0.15, -0.1) is 0 Å². The lowest BCUT2D eigenvalue weighted by atomic mass is 10.2. The Kier molecular flexibility index (Phi) is 6.52. The van der Waals surface area contributed by atoms with E-state index in [-0.39, 0.29) is 5.91 Å². The van der Waals surface area contributed by atoms with Crippen LogP contribution in [0, 0.1) is 0 Å². The highest BCUT2D eigenvalue weighted by Gasteiger charge is 2.22. The van der Waals surface area contributed by atoms with Crippen LogP contribution in [0.4, 0.5) is 0 Å². The van der Waals surface area contributed by atoms with Crippen LogP contribution < -0.4 is 5.32 Å². The number of nitrogens with one attached hydrogen (secondary N) is 1. The molecule has 1 saturated heterocycles. The van der Waals surface area contributed by atoms with Crippen LogP contribution in [0.5, 0.6) is 0 Å². The number of rotatable bonds is 8. The molecule has 1 fully saturated rings. The molecule has 100 valence electrons. The van der Waals surface area contributed by atoms with Crippen LogP contribution in [0.2, 0.25) is 0 Å². The Morgan fingerprint density at radius 1 is 1.12 bits per heavy atom. The Balaban J connectivity index is 2.25. The Labute approximate surface area is 105 Å². The monoisotopic (exact) mass is 241 g/mol. The zero-order valence-electron chi connectivity index (χ0n) is 11.5. The van der Waals surface area contributed by atoms with Gasteiger partial charge in [0.25, 0.3) is 0 Å². The van der Waals surface area contributed by atoms with Crippen LogP contribution >= 0.6 is 0 Å². The molecule has 0 spiro atoms. The fraction of sp³-hybridized carbons (Fsp3) is 0.923. The summed E-state index contributed by atoms with van der Waals surface area (Å²) in [5, 5.41) is 3.04. The van der Waals surface area contributed by atoms with Crippen LogP contribution in [-0.2, 0) is 4.79 Å². The van der Waals surface area contributed by atoms with E-state index in [0.717, 1.165) is 45.7 Å².